The van der Waals surface area contributed by atoms with Gasteiger partial charge in [-0.2, -0.15) is 0 Å². The smallest absolute Gasteiger partial charge is 0.222 e. The highest BCUT2D eigenvalue weighted by molar-refractivity contribution is 5.76. The van der Waals surface area contributed by atoms with Crippen molar-refractivity contribution in [2.45, 2.75) is 12.8 Å². The predicted molar refractivity (Wildman–Crippen MR) is 64.1 cm³/mol. The van der Waals surface area contributed by atoms with Crippen LogP contribution in [0.1, 0.15) is 12.0 Å². The number of nitrogens with zero attached hydrogens (tertiary/aromatic N) is 1. The molecule has 1 aliphatic rings. The fourth-order valence-electron chi connectivity index (χ4n) is 2.02. The van der Waals surface area contributed by atoms with Gasteiger partial charge in [0.2, 0.25) is 5.91 Å². The van der Waals surface area contributed by atoms with Gasteiger partial charge >= 0.3 is 0 Å². The normalized spacial score (nSPS) is 15.8. The molecule has 1 amide bonds. The summed E-state index contributed by atoms with van der Waals surface area (Å²) in [5.41, 5.74) is 0.650. The first kappa shape index (κ1) is 13.0. The molecule has 0 aliphatic carbocycles. The highest BCUT2D eigenvalue weighted by Gasteiger charge is 2.15. The molecule has 2 rings (SSSR count). The molecule has 1 aliphatic heterocycles. The van der Waals surface area contributed by atoms with Crippen LogP contribution in [0.15, 0.2) is 18.2 Å². The molecule has 1 N–H and O–H groups in total. The molecule has 1 heterocycles. The van der Waals surface area contributed by atoms with Gasteiger partial charge in [0.25, 0.3) is 0 Å². The van der Waals surface area contributed by atoms with E-state index in [2.05, 4.69) is 5.32 Å². The van der Waals surface area contributed by atoms with E-state index in [1.165, 1.54) is 6.07 Å². The second-order valence-corrected chi connectivity index (χ2v) is 4.38. The van der Waals surface area contributed by atoms with E-state index in [1.807, 2.05) is 0 Å². The zero-order chi connectivity index (χ0) is 13.0. The lowest BCUT2D eigenvalue weighted by Crippen LogP contribution is -2.46. The second kappa shape index (κ2) is 5.91. The summed E-state index contributed by atoms with van der Waals surface area (Å²) in [5, 5.41) is 3.17. The number of hydrogen-bond donors (Lipinski definition) is 1. The maximum Gasteiger partial charge on any atom is 0.222 e. The molecule has 3 nitrogen and oxygen atoms in total. The minimum atomic E-state index is -0.859. The summed E-state index contributed by atoms with van der Waals surface area (Å²) in [6, 6.07) is 3.77. The number of hydrogen-bond acceptors (Lipinski definition) is 2. The first-order chi connectivity index (χ1) is 8.66. The summed E-state index contributed by atoms with van der Waals surface area (Å²) in [5.74, 6) is -1.64. The van der Waals surface area contributed by atoms with E-state index in [0.29, 0.717) is 18.4 Å². The molecule has 0 atom stereocenters. The topological polar surface area (TPSA) is 32.3 Å². The number of aryl methyl sites for hydroxylation is 1. The first-order valence-electron chi connectivity index (χ1n) is 6.09. The summed E-state index contributed by atoms with van der Waals surface area (Å²) in [6.45, 7) is 3.07. The van der Waals surface area contributed by atoms with Gasteiger partial charge in [0, 0.05) is 32.6 Å². The van der Waals surface area contributed by atoms with E-state index in [4.69, 9.17) is 0 Å². The summed E-state index contributed by atoms with van der Waals surface area (Å²) >= 11 is 0. The quantitative estimate of drug-likeness (QED) is 0.882. The number of carbonyl (C=O) groups is 1. The maximum atomic E-state index is 13.0. The average Bonchev–Trinajstić information content (AvgIpc) is 2.41. The molecule has 0 spiro atoms. The molecule has 0 aromatic heterocycles. The predicted octanol–water partition coefficient (Wildman–Crippen LogP) is 1.33. The van der Waals surface area contributed by atoms with Gasteiger partial charge in [0.05, 0.1) is 0 Å². The van der Waals surface area contributed by atoms with Crippen LogP contribution in [-0.2, 0) is 11.2 Å². The van der Waals surface area contributed by atoms with Crippen LogP contribution in [0.3, 0.4) is 0 Å². The third-order valence-electron chi connectivity index (χ3n) is 3.08. The zero-order valence-corrected chi connectivity index (χ0v) is 10.1. The van der Waals surface area contributed by atoms with Gasteiger partial charge in [-0.05, 0) is 24.1 Å². The number of amides is 1. The molecule has 0 bridgehead atoms. The van der Waals surface area contributed by atoms with E-state index in [-0.39, 0.29) is 5.91 Å². The van der Waals surface area contributed by atoms with Gasteiger partial charge in [0.15, 0.2) is 11.6 Å². The van der Waals surface area contributed by atoms with Gasteiger partial charge in [0.1, 0.15) is 0 Å². The molecule has 18 heavy (non-hydrogen) atoms. The van der Waals surface area contributed by atoms with Crippen molar-refractivity contribution in [3.63, 3.8) is 0 Å². The molecule has 0 radical (unpaired) electrons. The number of piperazine rings is 1. The second-order valence-electron chi connectivity index (χ2n) is 4.38. The van der Waals surface area contributed by atoms with Crippen molar-refractivity contribution >= 4 is 5.91 Å². The Hall–Kier alpha value is -1.49. The van der Waals surface area contributed by atoms with Gasteiger partial charge in [-0.25, -0.2) is 8.78 Å². The molecule has 1 fully saturated rings. The van der Waals surface area contributed by atoms with Crippen LogP contribution in [0.2, 0.25) is 0 Å². The van der Waals surface area contributed by atoms with E-state index >= 15 is 0 Å². The lowest BCUT2D eigenvalue weighted by Gasteiger charge is -2.27. The summed E-state index contributed by atoms with van der Waals surface area (Å²) in [4.78, 5) is 13.7. The fourth-order valence-corrected chi connectivity index (χ4v) is 2.02. The first-order valence-corrected chi connectivity index (χ1v) is 6.09. The van der Waals surface area contributed by atoms with Gasteiger partial charge in [-0.15, -0.1) is 0 Å². The van der Waals surface area contributed by atoms with E-state index in [9.17, 15) is 13.6 Å². The molecule has 98 valence electrons. The third kappa shape index (κ3) is 3.26. The van der Waals surface area contributed by atoms with Crippen LogP contribution in [0.25, 0.3) is 0 Å². The van der Waals surface area contributed by atoms with Crippen LogP contribution in [-0.4, -0.2) is 37.0 Å². The van der Waals surface area contributed by atoms with Crippen molar-refractivity contribution in [3.05, 3.63) is 35.4 Å². The zero-order valence-electron chi connectivity index (χ0n) is 10.1. The monoisotopic (exact) mass is 254 g/mol. The van der Waals surface area contributed by atoms with Crippen molar-refractivity contribution in [1.29, 1.82) is 0 Å². The van der Waals surface area contributed by atoms with Crippen molar-refractivity contribution in [1.82, 2.24) is 10.2 Å². The fraction of sp³-hybridized carbons (Fsp3) is 0.462. The van der Waals surface area contributed by atoms with Crippen LogP contribution in [0, 0.1) is 11.6 Å². The maximum absolute atomic E-state index is 13.0. The lowest BCUT2D eigenvalue weighted by molar-refractivity contribution is -0.131. The Kier molecular flexibility index (Phi) is 4.25. The van der Waals surface area contributed by atoms with Gasteiger partial charge < -0.3 is 10.2 Å². The Balaban J connectivity index is 1.86. The van der Waals surface area contributed by atoms with Crippen molar-refractivity contribution < 1.29 is 13.6 Å². The highest BCUT2D eigenvalue weighted by atomic mass is 19.2. The third-order valence-corrected chi connectivity index (χ3v) is 3.08. The SMILES string of the molecule is O=C(CCc1ccc(F)c(F)c1)N1CCNCC1. The average molecular weight is 254 g/mol. The van der Waals surface area contributed by atoms with Crippen molar-refractivity contribution in [3.8, 4) is 0 Å². The Morgan fingerprint density at radius 2 is 1.94 bits per heavy atom. The molecule has 1 saturated heterocycles. The number of halogens is 2. The molecule has 1 aromatic rings. The van der Waals surface area contributed by atoms with E-state index in [1.54, 1.807) is 4.90 Å². The lowest BCUT2D eigenvalue weighted by atomic mass is 10.1. The van der Waals surface area contributed by atoms with Crippen molar-refractivity contribution in [2.75, 3.05) is 26.2 Å². The van der Waals surface area contributed by atoms with E-state index < -0.39 is 11.6 Å². The van der Waals surface area contributed by atoms with Crippen LogP contribution in [0.4, 0.5) is 8.78 Å². The Morgan fingerprint density at radius 1 is 1.22 bits per heavy atom. The van der Waals surface area contributed by atoms with Crippen LogP contribution >= 0.6 is 0 Å². The number of carbonyl (C=O) groups excluding carboxylic acids is 1. The number of benzene rings is 1. The summed E-state index contributed by atoms with van der Waals surface area (Å²) < 4.78 is 25.7. The van der Waals surface area contributed by atoms with Crippen LogP contribution < -0.4 is 5.32 Å². The van der Waals surface area contributed by atoms with Crippen LogP contribution in [0.5, 0.6) is 0 Å². The minimum Gasteiger partial charge on any atom is -0.340 e. The largest absolute Gasteiger partial charge is 0.340 e. The minimum absolute atomic E-state index is 0.0706. The molecular weight excluding hydrogens is 238 g/mol. The molecular formula is C13H16F2N2O. The Bertz CT molecular complexity index is 431. The van der Waals surface area contributed by atoms with Crippen molar-refractivity contribution in [2.24, 2.45) is 0 Å². The summed E-state index contributed by atoms with van der Waals surface area (Å²) in [7, 11) is 0. The molecule has 5 heteroatoms. The Morgan fingerprint density at radius 3 is 2.61 bits per heavy atom. The number of rotatable bonds is 3. The molecule has 0 saturated carbocycles. The number of nitrogens with one attached hydrogen (secondary N) is 1. The Labute approximate surface area is 105 Å². The molecule has 1 aromatic carbocycles. The highest BCUT2D eigenvalue weighted by Crippen LogP contribution is 2.11. The van der Waals surface area contributed by atoms with Gasteiger partial charge in [-0.3, -0.25) is 4.79 Å². The summed E-state index contributed by atoms with van der Waals surface area (Å²) in [6.07, 6.45) is 0.783. The standard InChI is InChI=1S/C13H16F2N2O/c14-11-3-1-10(9-12(11)15)2-4-13(18)17-7-5-16-6-8-17/h1,3,9,16H,2,4-8H2. The molecule has 0 unspecified atom stereocenters. The van der Waals surface area contributed by atoms with Gasteiger partial charge in [-0.1, -0.05) is 6.07 Å². The van der Waals surface area contributed by atoms with E-state index in [0.717, 1.165) is 38.3 Å².